The number of nitrogens with zero attached hydrogens (tertiary/aromatic N) is 1. The number of anilines is 1. The quantitative estimate of drug-likeness (QED) is 0.668. The van der Waals surface area contributed by atoms with Gasteiger partial charge in [0.25, 0.3) is 11.6 Å². The van der Waals surface area contributed by atoms with E-state index in [2.05, 4.69) is 11.4 Å². The molecule has 6 heteroatoms. The van der Waals surface area contributed by atoms with Crippen LogP contribution in [0.2, 0.25) is 0 Å². The average Bonchev–Trinajstić information content (AvgIpc) is 2.51. The molecule has 0 heterocycles. The summed E-state index contributed by atoms with van der Waals surface area (Å²) in [6, 6.07) is 8.50. The predicted octanol–water partition coefficient (Wildman–Crippen LogP) is 3.85. The van der Waals surface area contributed by atoms with Gasteiger partial charge in [-0.25, -0.2) is 0 Å². The molecule has 1 N–H and O–H groups in total. The molecule has 1 amide bonds. The topological polar surface area (TPSA) is 81.5 Å². The van der Waals surface area contributed by atoms with Crippen LogP contribution in [0.25, 0.3) is 0 Å². The van der Waals surface area contributed by atoms with Gasteiger partial charge in [-0.05, 0) is 56.5 Å². The largest absolute Gasteiger partial charge is 0.483 e. The Hall–Kier alpha value is -2.89. The van der Waals surface area contributed by atoms with Crippen molar-refractivity contribution in [3.05, 3.63) is 62.7 Å². The minimum Gasteiger partial charge on any atom is -0.483 e. The Morgan fingerprint density at radius 3 is 2.54 bits per heavy atom. The molecule has 0 atom stereocenters. The van der Waals surface area contributed by atoms with Crippen molar-refractivity contribution in [1.29, 1.82) is 0 Å². The zero-order chi connectivity index (χ0) is 17.9. The third kappa shape index (κ3) is 3.90. The summed E-state index contributed by atoms with van der Waals surface area (Å²) in [5.41, 5.74) is 3.94. The van der Waals surface area contributed by atoms with Crippen LogP contribution in [0.5, 0.6) is 5.75 Å². The second-order valence-electron chi connectivity index (χ2n) is 5.75. The van der Waals surface area contributed by atoms with E-state index in [0.717, 1.165) is 16.7 Å². The number of benzene rings is 2. The van der Waals surface area contributed by atoms with Crippen LogP contribution in [0.3, 0.4) is 0 Å². The number of nitro benzene ring substituents is 1. The number of aryl methyl sites for hydroxylation is 2. The molecule has 0 bridgehead atoms. The van der Waals surface area contributed by atoms with Gasteiger partial charge in [0.2, 0.25) is 0 Å². The first-order valence-electron chi connectivity index (χ1n) is 7.54. The SMILES string of the molecule is Cc1cc(C)c(C)c(OCC(=O)Nc2cccc([N+](=O)[O-])c2C)c1. The minimum atomic E-state index is -0.472. The van der Waals surface area contributed by atoms with Crippen LogP contribution in [0.1, 0.15) is 22.3 Å². The van der Waals surface area contributed by atoms with Crippen molar-refractivity contribution in [1.82, 2.24) is 0 Å². The van der Waals surface area contributed by atoms with E-state index < -0.39 is 4.92 Å². The fraction of sp³-hybridized carbons (Fsp3) is 0.278. The number of nitro groups is 1. The molecule has 0 radical (unpaired) electrons. The van der Waals surface area contributed by atoms with Gasteiger partial charge in [0, 0.05) is 6.07 Å². The summed E-state index contributed by atoms with van der Waals surface area (Å²) >= 11 is 0. The number of hydrogen-bond acceptors (Lipinski definition) is 4. The van der Waals surface area contributed by atoms with Crippen LogP contribution in [0.4, 0.5) is 11.4 Å². The van der Waals surface area contributed by atoms with E-state index in [1.54, 1.807) is 13.0 Å². The molecule has 0 fully saturated rings. The monoisotopic (exact) mass is 328 g/mol. The minimum absolute atomic E-state index is 0.0288. The lowest BCUT2D eigenvalue weighted by molar-refractivity contribution is -0.385. The summed E-state index contributed by atoms with van der Waals surface area (Å²) in [6.45, 7) is 7.33. The van der Waals surface area contributed by atoms with Crippen LogP contribution >= 0.6 is 0 Å². The van der Waals surface area contributed by atoms with E-state index in [1.807, 2.05) is 26.8 Å². The highest BCUT2D eigenvalue weighted by atomic mass is 16.6. The molecule has 126 valence electrons. The molecular formula is C18H20N2O4. The fourth-order valence-corrected chi connectivity index (χ4v) is 2.44. The van der Waals surface area contributed by atoms with E-state index in [4.69, 9.17) is 4.74 Å². The molecule has 0 aliphatic rings. The van der Waals surface area contributed by atoms with Gasteiger partial charge >= 0.3 is 0 Å². The number of amides is 1. The highest BCUT2D eigenvalue weighted by molar-refractivity contribution is 5.93. The molecule has 0 aliphatic heterocycles. The molecule has 0 aliphatic carbocycles. The van der Waals surface area contributed by atoms with Gasteiger partial charge < -0.3 is 10.1 Å². The van der Waals surface area contributed by atoms with Crippen LogP contribution in [-0.4, -0.2) is 17.4 Å². The first-order valence-corrected chi connectivity index (χ1v) is 7.54. The number of rotatable bonds is 5. The maximum Gasteiger partial charge on any atom is 0.274 e. The summed E-state index contributed by atoms with van der Waals surface area (Å²) in [7, 11) is 0. The van der Waals surface area contributed by atoms with Crippen molar-refractivity contribution in [2.75, 3.05) is 11.9 Å². The van der Waals surface area contributed by atoms with Gasteiger partial charge in [-0.15, -0.1) is 0 Å². The van der Waals surface area contributed by atoms with Crippen molar-refractivity contribution in [3.63, 3.8) is 0 Å². The number of carbonyl (C=O) groups excluding carboxylic acids is 1. The normalized spacial score (nSPS) is 10.3. The molecule has 24 heavy (non-hydrogen) atoms. The first-order chi connectivity index (χ1) is 11.3. The molecule has 0 unspecified atom stereocenters. The van der Waals surface area contributed by atoms with Crippen LogP contribution in [0, 0.1) is 37.8 Å². The maximum atomic E-state index is 12.1. The Kier molecular flexibility index (Phi) is 5.18. The number of carbonyl (C=O) groups is 1. The first kappa shape index (κ1) is 17.5. The van der Waals surface area contributed by atoms with Crippen molar-refractivity contribution in [2.45, 2.75) is 27.7 Å². The zero-order valence-electron chi connectivity index (χ0n) is 14.2. The third-order valence-corrected chi connectivity index (χ3v) is 3.90. The average molecular weight is 328 g/mol. The molecule has 6 nitrogen and oxygen atoms in total. The predicted molar refractivity (Wildman–Crippen MR) is 92.6 cm³/mol. The van der Waals surface area contributed by atoms with Crippen LogP contribution in [0.15, 0.2) is 30.3 Å². The van der Waals surface area contributed by atoms with Crippen LogP contribution < -0.4 is 10.1 Å². The van der Waals surface area contributed by atoms with E-state index in [9.17, 15) is 14.9 Å². The molecule has 0 saturated carbocycles. The zero-order valence-corrected chi connectivity index (χ0v) is 14.2. The molecule has 2 aromatic carbocycles. The van der Waals surface area contributed by atoms with Gasteiger partial charge in [0.1, 0.15) is 5.75 Å². The number of hydrogen-bond donors (Lipinski definition) is 1. The molecule has 2 aromatic rings. The van der Waals surface area contributed by atoms with E-state index >= 15 is 0 Å². The smallest absolute Gasteiger partial charge is 0.274 e. The fourth-order valence-electron chi connectivity index (χ4n) is 2.44. The lowest BCUT2D eigenvalue weighted by atomic mass is 10.1. The Bertz CT molecular complexity index is 800. The third-order valence-electron chi connectivity index (χ3n) is 3.90. The van der Waals surface area contributed by atoms with Gasteiger partial charge in [-0.1, -0.05) is 12.1 Å². The Morgan fingerprint density at radius 2 is 1.88 bits per heavy atom. The number of nitrogens with one attached hydrogen (secondary N) is 1. The summed E-state index contributed by atoms with van der Waals surface area (Å²) in [4.78, 5) is 22.6. The Morgan fingerprint density at radius 1 is 1.17 bits per heavy atom. The van der Waals surface area contributed by atoms with Crippen LogP contribution in [-0.2, 0) is 4.79 Å². The summed E-state index contributed by atoms with van der Waals surface area (Å²) in [5.74, 6) is 0.301. The van der Waals surface area contributed by atoms with Crippen molar-refractivity contribution >= 4 is 17.3 Å². The van der Waals surface area contributed by atoms with Gasteiger partial charge in [-0.2, -0.15) is 0 Å². The van der Waals surface area contributed by atoms with Crippen molar-refractivity contribution < 1.29 is 14.5 Å². The highest BCUT2D eigenvalue weighted by Gasteiger charge is 2.15. The summed E-state index contributed by atoms with van der Waals surface area (Å²) < 4.78 is 5.60. The Balaban J connectivity index is 2.07. The molecule has 0 aromatic heterocycles. The highest BCUT2D eigenvalue weighted by Crippen LogP contribution is 2.25. The standard InChI is InChI=1S/C18H20N2O4/c1-11-8-12(2)13(3)17(9-11)24-10-18(21)19-15-6-5-7-16(14(15)4)20(22)23/h5-9H,10H2,1-4H3,(H,19,21). The van der Waals surface area contributed by atoms with E-state index in [-0.39, 0.29) is 18.2 Å². The molecular weight excluding hydrogens is 308 g/mol. The van der Waals surface area contributed by atoms with Gasteiger partial charge in [-0.3, -0.25) is 14.9 Å². The summed E-state index contributed by atoms with van der Waals surface area (Å²) in [5, 5.41) is 13.6. The summed E-state index contributed by atoms with van der Waals surface area (Å²) in [6.07, 6.45) is 0. The molecule has 2 rings (SSSR count). The van der Waals surface area contributed by atoms with Gasteiger partial charge in [0.15, 0.2) is 6.61 Å². The molecule has 0 saturated heterocycles. The van der Waals surface area contributed by atoms with Crippen molar-refractivity contribution in [2.24, 2.45) is 0 Å². The lowest BCUT2D eigenvalue weighted by Crippen LogP contribution is -2.21. The lowest BCUT2D eigenvalue weighted by Gasteiger charge is -2.13. The second-order valence-corrected chi connectivity index (χ2v) is 5.75. The molecule has 0 spiro atoms. The second kappa shape index (κ2) is 7.12. The van der Waals surface area contributed by atoms with Gasteiger partial charge in [0.05, 0.1) is 16.2 Å². The maximum absolute atomic E-state index is 12.1. The Labute approximate surface area is 140 Å². The van der Waals surface area contributed by atoms with E-state index in [0.29, 0.717) is 17.0 Å². The van der Waals surface area contributed by atoms with E-state index in [1.165, 1.54) is 12.1 Å². The number of ether oxygens (including phenoxy) is 1. The van der Waals surface area contributed by atoms with Crippen molar-refractivity contribution in [3.8, 4) is 5.75 Å².